The third kappa shape index (κ3) is 3.22. The first-order valence-corrected chi connectivity index (χ1v) is 13.3. The topological polar surface area (TPSA) is 12.9 Å². The molecule has 3 aliphatic carbocycles. The molecule has 1 heterocycles. The molecule has 2 unspecified atom stereocenters. The van der Waals surface area contributed by atoms with Crippen molar-refractivity contribution in [2.75, 3.05) is 0 Å². The molecule has 5 aromatic rings. The zero-order chi connectivity index (χ0) is 25.1. The van der Waals surface area contributed by atoms with Crippen molar-refractivity contribution in [2.24, 2.45) is 0 Å². The lowest BCUT2D eigenvalue weighted by atomic mass is 9.76. The first-order valence-electron chi connectivity index (χ1n) is 13.3. The molecule has 2 atom stereocenters. The minimum Gasteiger partial charge on any atom is -0.252 e. The first-order chi connectivity index (χ1) is 18.8. The molecule has 178 valence electrons. The van der Waals surface area contributed by atoms with Crippen LogP contribution in [0.25, 0.3) is 34.0 Å². The van der Waals surface area contributed by atoms with E-state index in [9.17, 15) is 0 Å². The Hall–Kier alpha value is -4.75. The molecule has 0 bridgehead atoms. The summed E-state index contributed by atoms with van der Waals surface area (Å²) in [5.41, 5.74) is 15.3. The molecule has 38 heavy (non-hydrogen) atoms. The molecule has 8 rings (SSSR count). The Morgan fingerprint density at radius 1 is 0.526 bits per heavy atom. The number of rotatable bonds is 3. The SMILES string of the molecule is C1=CC2=C(C3C1=Cc1ccccc13)C(c1cc(-c3ccccc3)cc(-c3ccccc3)n1)c1ccccc12. The molecule has 0 radical (unpaired) electrons. The first kappa shape index (κ1) is 21.3. The summed E-state index contributed by atoms with van der Waals surface area (Å²) < 4.78 is 0. The summed E-state index contributed by atoms with van der Waals surface area (Å²) in [5, 5.41) is 0. The Bertz CT molecular complexity index is 1750. The number of nitrogens with zero attached hydrogens (tertiary/aromatic N) is 1. The number of pyridine rings is 1. The summed E-state index contributed by atoms with van der Waals surface area (Å²) in [5.74, 6) is 0.350. The monoisotopic (exact) mass is 483 g/mol. The molecule has 0 saturated heterocycles. The fourth-order valence-electron chi connectivity index (χ4n) is 6.57. The van der Waals surface area contributed by atoms with Crippen LogP contribution >= 0.6 is 0 Å². The Balaban J connectivity index is 1.38. The van der Waals surface area contributed by atoms with Gasteiger partial charge in [0.15, 0.2) is 0 Å². The minimum absolute atomic E-state index is 0.0943. The number of allylic oxidation sites excluding steroid dienone is 5. The smallest absolute Gasteiger partial charge is 0.0711 e. The van der Waals surface area contributed by atoms with Gasteiger partial charge in [-0.15, -0.1) is 0 Å². The Morgan fingerprint density at radius 3 is 2.03 bits per heavy atom. The van der Waals surface area contributed by atoms with E-state index in [1.165, 1.54) is 50.1 Å². The van der Waals surface area contributed by atoms with Gasteiger partial charge in [-0.2, -0.15) is 0 Å². The molecule has 0 spiro atoms. The lowest BCUT2D eigenvalue weighted by Gasteiger charge is -2.27. The summed E-state index contributed by atoms with van der Waals surface area (Å²) in [6.07, 6.45) is 7.02. The van der Waals surface area contributed by atoms with Crippen molar-refractivity contribution < 1.29 is 0 Å². The predicted molar refractivity (Wildman–Crippen MR) is 157 cm³/mol. The van der Waals surface area contributed by atoms with E-state index >= 15 is 0 Å². The van der Waals surface area contributed by atoms with E-state index in [2.05, 4.69) is 140 Å². The number of benzene rings is 4. The summed E-state index contributed by atoms with van der Waals surface area (Å²) in [6.45, 7) is 0. The van der Waals surface area contributed by atoms with E-state index < -0.39 is 0 Å². The van der Waals surface area contributed by atoms with Crippen molar-refractivity contribution in [3.63, 3.8) is 0 Å². The van der Waals surface area contributed by atoms with Crippen molar-refractivity contribution in [1.29, 1.82) is 0 Å². The molecule has 4 aromatic carbocycles. The van der Waals surface area contributed by atoms with Gasteiger partial charge < -0.3 is 0 Å². The van der Waals surface area contributed by atoms with Gasteiger partial charge in [-0.05, 0) is 62.2 Å². The molecule has 0 fully saturated rings. The van der Waals surface area contributed by atoms with E-state index in [1.807, 2.05) is 0 Å². The quantitative estimate of drug-likeness (QED) is 0.249. The van der Waals surface area contributed by atoms with Gasteiger partial charge in [0, 0.05) is 17.4 Å². The van der Waals surface area contributed by atoms with Crippen LogP contribution in [0.15, 0.2) is 145 Å². The maximum Gasteiger partial charge on any atom is 0.0711 e. The molecule has 0 saturated carbocycles. The zero-order valence-electron chi connectivity index (χ0n) is 20.9. The number of aromatic nitrogens is 1. The fourth-order valence-corrected chi connectivity index (χ4v) is 6.57. The second-order valence-electron chi connectivity index (χ2n) is 10.3. The molecule has 0 aliphatic heterocycles. The van der Waals surface area contributed by atoms with Crippen molar-refractivity contribution in [2.45, 2.75) is 11.8 Å². The van der Waals surface area contributed by atoms with Crippen molar-refractivity contribution in [3.8, 4) is 22.4 Å². The zero-order valence-corrected chi connectivity index (χ0v) is 20.9. The van der Waals surface area contributed by atoms with Crippen LogP contribution in [-0.2, 0) is 0 Å². The number of hydrogen-bond acceptors (Lipinski definition) is 1. The highest BCUT2D eigenvalue weighted by Crippen LogP contribution is 2.57. The van der Waals surface area contributed by atoms with Gasteiger partial charge in [-0.25, -0.2) is 0 Å². The molecule has 1 nitrogen and oxygen atoms in total. The molecular formula is C37H25N. The maximum atomic E-state index is 5.39. The maximum absolute atomic E-state index is 5.39. The second-order valence-corrected chi connectivity index (χ2v) is 10.3. The lowest BCUT2D eigenvalue weighted by Crippen LogP contribution is -2.13. The van der Waals surface area contributed by atoms with Gasteiger partial charge in [0.2, 0.25) is 0 Å². The minimum atomic E-state index is 0.0943. The van der Waals surface area contributed by atoms with E-state index in [4.69, 9.17) is 4.98 Å². The molecule has 1 aromatic heterocycles. The van der Waals surface area contributed by atoms with E-state index in [0.29, 0.717) is 0 Å². The van der Waals surface area contributed by atoms with Crippen LogP contribution in [0.1, 0.15) is 39.8 Å². The summed E-state index contributed by atoms with van der Waals surface area (Å²) in [7, 11) is 0. The lowest BCUT2D eigenvalue weighted by molar-refractivity contribution is 0.823. The third-order valence-corrected chi connectivity index (χ3v) is 8.22. The summed E-state index contributed by atoms with van der Waals surface area (Å²) >= 11 is 0. The number of fused-ring (bicyclic) bond motifs is 6. The standard InChI is InChI=1S/C37H25N/c1-3-11-24(12-4-1)28-22-33(25-13-5-2-6-14-25)38-34(23-28)36-31-18-10-9-17-30(31)32-20-19-27-21-26-15-7-8-16-29(26)35(27)37(32)36/h1-23,35-36H. The predicted octanol–water partition coefficient (Wildman–Crippen LogP) is 9.07. The van der Waals surface area contributed by atoms with Gasteiger partial charge in [-0.1, -0.05) is 127 Å². The van der Waals surface area contributed by atoms with E-state index in [-0.39, 0.29) is 11.8 Å². The van der Waals surface area contributed by atoms with Crippen LogP contribution in [0.3, 0.4) is 0 Å². The van der Waals surface area contributed by atoms with Crippen molar-refractivity contribution in [1.82, 2.24) is 4.98 Å². The Morgan fingerprint density at radius 2 is 1.21 bits per heavy atom. The van der Waals surface area contributed by atoms with Crippen LogP contribution in [0.5, 0.6) is 0 Å². The van der Waals surface area contributed by atoms with Crippen LogP contribution in [0.4, 0.5) is 0 Å². The van der Waals surface area contributed by atoms with E-state index in [0.717, 1.165) is 17.0 Å². The van der Waals surface area contributed by atoms with Crippen molar-refractivity contribution in [3.05, 3.63) is 173 Å². The molecule has 1 heteroatoms. The van der Waals surface area contributed by atoms with Crippen LogP contribution in [0, 0.1) is 0 Å². The van der Waals surface area contributed by atoms with Crippen molar-refractivity contribution >= 4 is 11.6 Å². The fraction of sp³-hybridized carbons (Fsp3) is 0.0541. The molecule has 0 N–H and O–H groups in total. The van der Waals surface area contributed by atoms with E-state index in [1.54, 1.807) is 0 Å². The summed E-state index contributed by atoms with van der Waals surface area (Å²) in [6, 6.07) is 43.6. The summed E-state index contributed by atoms with van der Waals surface area (Å²) in [4.78, 5) is 5.39. The molecule has 3 aliphatic rings. The highest BCUT2D eigenvalue weighted by Gasteiger charge is 2.41. The third-order valence-electron chi connectivity index (χ3n) is 8.22. The largest absolute Gasteiger partial charge is 0.252 e. The van der Waals surface area contributed by atoms with Crippen LogP contribution in [0.2, 0.25) is 0 Å². The highest BCUT2D eigenvalue weighted by molar-refractivity contribution is 5.92. The van der Waals surface area contributed by atoms with Crippen LogP contribution in [-0.4, -0.2) is 4.98 Å². The second kappa shape index (κ2) is 8.39. The number of hydrogen-bond donors (Lipinski definition) is 0. The van der Waals surface area contributed by atoms with Crippen LogP contribution < -0.4 is 0 Å². The average Bonchev–Trinajstić information content (AvgIpc) is 3.53. The van der Waals surface area contributed by atoms with Gasteiger partial charge in [0.05, 0.1) is 11.4 Å². The normalized spacial score (nSPS) is 18.5. The Kier molecular flexibility index (Phi) is 4.72. The molecule has 0 amide bonds. The highest BCUT2D eigenvalue weighted by atomic mass is 14.7. The van der Waals surface area contributed by atoms with Gasteiger partial charge in [-0.3, -0.25) is 4.98 Å². The average molecular weight is 484 g/mol. The Labute approximate surface area is 223 Å². The molecular weight excluding hydrogens is 458 g/mol. The van der Waals surface area contributed by atoms with Gasteiger partial charge in [0.25, 0.3) is 0 Å². The van der Waals surface area contributed by atoms with Gasteiger partial charge in [0.1, 0.15) is 0 Å². The van der Waals surface area contributed by atoms with Gasteiger partial charge >= 0.3 is 0 Å².